The number of aryl methyl sites for hydroxylation is 1. The molecule has 0 aliphatic rings. The van der Waals surface area contributed by atoms with Crippen molar-refractivity contribution in [3.63, 3.8) is 0 Å². The highest BCUT2D eigenvalue weighted by Gasteiger charge is 1.96. The number of benzene rings is 1. The minimum atomic E-state index is -0.217. The van der Waals surface area contributed by atoms with Gasteiger partial charge in [0.05, 0.1) is 0 Å². The van der Waals surface area contributed by atoms with Gasteiger partial charge in [-0.15, -0.1) is 0 Å². The van der Waals surface area contributed by atoms with Crippen LogP contribution in [0.4, 0.5) is 10.1 Å². The summed E-state index contributed by atoms with van der Waals surface area (Å²) in [6, 6.07) is 4.43. The molecule has 0 atom stereocenters. The first-order valence-corrected chi connectivity index (χ1v) is 4.28. The van der Waals surface area contributed by atoms with E-state index in [-0.39, 0.29) is 5.82 Å². The maximum Gasteiger partial charge on any atom is 0.123 e. The van der Waals surface area contributed by atoms with E-state index in [9.17, 15) is 4.39 Å². The average Bonchev–Trinajstić information content (AvgIpc) is 2.13. The van der Waals surface area contributed by atoms with Crippen molar-refractivity contribution in [2.24, 2.45) is 0 Å². The lowest BCUT2D eigenvalue weighted by Gasteiger charge is -2.00. The first kappa shape index (κ1) is 11.0. The van der Waals surface area contributed by atoms with Crippen LogP contribution in [0, 0.1) is 5.82 Å². The molecule has 0 saturated carbocycles. The Kier molecular flexibility index (Phi) is 5.09. The molecule has 0 spiro atoms. The molecule has 0 heterocycles. The van der Waals surface area contributed by atoms with Gasteiger partial charge in [0.15, 0.2) is 0 Å². The molecule has 0 radical (unpaired) electrons. The lowest BCUT2D eigenvalue weighted by Crippen LogP contribution is -1.92. The van der Waals surface area contributed by atoms with Crippen molar-refractivity contribution in [3.05, 3.63) is 29.6 Å². The molecule has 1 aromatic carbocycles. The molecule has 12 heavy (non-hydrogen) atoms. The molecule has 2 N–H and O–H groups in total. The van der Waals surface area contributed by atoms with Gasteiger partial charge in [0.1, 0.15) is 5.82 Å². The van der Waals surface area contributed by atoms with Gasteiger partial charge in [-0.05, 0) is 30.2 Å². The van der Waals surface area contributed by atoms with Crippen LogP contribution in [0.15, 0.2) is 18.2 Å². The van der Waals surface area contributed by atoms with Crippen molar-refractivity contribution in [3.8, 4) is 0 Å². The first-order valence-electron chi connectivity index (χ1n) is 4.28. The molecule has 0 aliphatic carbocycles. The van der Waals surface area contributed by atoms with Crippen LogP contribution in [0.1, 0.15) is 26.3 Å². The maximum atomic E-state index is 12.5. The Hall–Kier alpha value is -1.05. The van der Waals surface area contributed by atoms with E-state index in [4.69, 9.17) is 5.73 Å². The van der Waals surface area contributed by atoms with Crippen molar-refractivity contribution in [2.45, 2.75) is 27.2 Å². The number of rotatable bonds is 1. The van der Waals surface area contributed by atoms with Crippen molar-refractivity contribution in [1.82, 2.24) is 0 Å². The normalized spacial score (nSPS) is 8.67. The summed E-state index contributed by atoms with van der Waals surface area (Å²) in [5, 5.41) is 0. The summed E-state index contributed by atoms with van der Waals surface area (Å²) in [7, 11) is 0. The maximum absolute atomic E-state index is 12.5. The summed E-state index contributed by atoms with van der Waals surface area (Å²) in [5.74, 6) is -0.217. The van der Waals surface area contributed by atoms with Crippen LogP contribution < -0.4 is 5.73 Å². The van der Waals surface area contributed by atoms with Crippen LogP contribution in [-0.2, 0) is 6.42 Å². The van der Waals surface area contributed by atoms with Gasteiger partial charge < -0.3 is 5.73 Å². The van der Waals surface area contributed by atoms with Crippen LogP contribution in [0.3, 0.4) is 0 Å². The van der Waals surface area contributed by atoms with Crippen molar-refractivity contribution in [2.75, 3.05) is 5.73 Å². The molecule has 2 heteroatoms. The van der Waals surface area contributed by atoms with Gasteiger partial charge in [0, 0.05) is 5.69 Å². The highest BCUT2D eigenvalue weighted by Crippen LogP contribution is 2.12. The van der Waals surface area contributed by atoms with E-state index >= 15 is 0 Å². The fraction of sp³-hybridized carbons (Fsp3) is 0.400. The molecule has 0 fully saturated rings. The van der Waals surface area contributed by atoms with E-state index < -0.39 is 0 Å². The van der Waals surface area contributed by atoms with E-state index in [0.29, 0.717) is 5.69 Å². The third kappa shape index (κ3) is 2.91. The molecule has 0 unspecified atom stereocenters. The predicted molar refractivity (Wildman–Crippen MR) is 51.5 cm³/mol. The van der Waals surface area contributed by atoms with Crippen molar-refractivity contribution < 1.29 is 4.39 Å². The Morgan fingerprint density at radius 1 is 1.33 bits per heavy atom. The van der Waals surface area contributed by atoms with Crippen LogP contribution in [0.5, 0.6) is 0 Å². The second kappa shape index (κ2) is 5.58. The largest absolute Gasteiger partial charge is 0.399 e. The summed E-state index contributed by atoms with van der Waals surface area (Å²) in [5.41, 5.74) is 7.08. The van der Waals surface area contributed by atoms with Crippen molar-refractivity contribution in [1.29, 1.82) is 0 Å². The van der Waals surface area contributed by atoms with Crippen LogP contribution >= 0.6 is 0 Å². The Morgan fingerprint density at radius 3 is 2.33 bits per heavy atom. The molecule has 0 bridgehead atoms. The average molecular weight is 169 g/mol. The molecule has 1 rings (SSSR count). The molecule has 68 valence electrons. The number of nitrogens with two attached hydrogens (primary N) is 1. The Bertz CT molecular complexity index is 233. The number of hydrogen-bond acceptors (Lipinski definition) is 1. The van der Waals surface area contributed by atoms with E-state index in [2.05, 4.69) is 0 Å². The second-order valence-electron chi connectivity index (χ2n) is 2.20. The third-order valence-electron chi connectivity index (χ3n) is 1.49. The number of nitrogen functional groups attached to an aromatic ring is 1. The summed E-state index contributed by atoms with van der Waals surface area (Å²) in [4.78, 5) is 0. The molecule has 0 saturated heterocycles. The zero-order valence-electron chi connectivity index (χ0n) is 7.89. The molecule has 0 amide bonds. The number of halogens is 1. The monoisotopic (exact) mass is 169 g/mol. The van der Waals surface area contributed by atoms with E-state index in [1.54, 1.807) is 6.07 Å². The van der Waals surface area contributed by atoms with Gasteiger partial charge >= 0.3 is 0 Å². The van der Waals surface area contributed by atoms with E-state index in [0.717, 1.165) is 12.0 Å². The molecular weight excluding hydrogens is 153 g/mol. The fourth-order valence-electron chi connectivity index (χ4n) is 0.881. The van der Waals surface area contributed by atoms with Crippen molar-refractivity contribution >= 4 is 5.69 Å². The lowest BCUT2D eigenvalue weighted by molar-refractivity contribution is 0.626. The summed E-state index contributed by atoms with van der Waals surface area (Å²) >= 11 is 0. The molecule has 0 aromatic heterocycles. The van der Waals surface area contributed by atoms with Gasteiger partial charge in [-0.25, -0.2) is 4.39 Å². The number of anilines is 1. The first-order chi connectivity index (χ1) is 5.74. The smallest absolute Gasteiger partial charge is 0.123 e. The van der Waals surface area contributed by atoms with Gasteiger partial charge in [-0.1, -0.05) is 20.8 Å². The van der Waals surface area contributed by atoms with Gasteiger partial charge in [0.2, 0.25) is 0 Å². The second-order valence-corrected chi connectivity index (χ2v) is 2.20. The topological polar surface area (TPSA) is 26.0 Å². The standard InChI is InChI=1S/C8H10FN.C2H6/c1-2-6-5-7(9)3-4-8(6)10;1-2/h3-5H,2,10H2,1H3;1-2H3. The minimum absolute atomic E-state index is 0.217. The predicted octanol–water partition coefficient (Wildman–Crippen LogP) is 3.00. The zero-order chi connectivity index (χ0) is 9.56. The highest BCUT2D eigenvalue weighted by molar-refractivity contribution is 5.46. The number of hydrogen-bond donors (Lipinski definition) is 1. The fourth-order valence-corrected chi connectivity index (χ4v) is 0.881. The zero-order valence-corrected chi connectivity index (χ0v) is 7.89. The van der Waals surface area contributed by atoms with Gasteiger partial charge in [-0.2, -0.15) is 0 Å². The quantitative estimate of drug-likeness (QED) is 0.642. The Balaban J connectivity index is 0.000000561. The van der Waals surface area contributed by atoms with Crippen LogP contribution in [0.25, 0.3) is 0 Å². The van der Waals surface area contributed by atoms with Gasteiger partial charge in [0.25, 0.3) is 0 Å². The minimum Gasteiger partial charge on any atom is -0.399 e. The molecule has 0 aliphatic heterocycles. The molecule has 1 aromatic rings. The highest BCUT2D eigenvalue weighted by atomic mass is 19.1. The van der Waals surface area contributed by atoms with Crippen LogP contribution in [0.2, 0.25) is 0 Å². The van der Waals surface area contributed by atoms with Gasteiger partial charge in [-0.3, -0.25) is 0 Å². The summed E-state index contributed by atoms with van der Waals surface area (Å²) < 4.78 is 12.5. The van der Waals surface area contributed by atoms with Crippen LogP contribution in [-0.4, -0.2) is 0 Å². The molecule has 1 nitrogen and oxygen atoms in total. The summed E-state index contributed by atoms with van der Waals surface area (Å²) in [6.07, 6.45) is 0.781. The SMILES string of the molecule is CC.CCc1cc(F)ccc1N. The third-order valence-corrected chi connectivity index (χ3v) is 1.49. The Labute approximate surface area is 73.4 Å². The molecular formula is C10H16FN. The van der Waals surface area contributed by atoms with E-state index in [1.807, 2.05) is 20.8 Å². The Morgan fingerprint density at radius 2 is 1.92 bits per heavy atom. The van der Waals surface area contributed by atoms with E-state index in [1.165, 1.54) is 12.1 Å². The summed E-state index contributed by atoms with van der Waals surface area (Å²) in [6.45, 7) is 5.95. The lowest BCUT2D eigenvalue weighted by atomic mass is 10.1.